The van der Waals surface area contributed by atoms with E-state index in [0.717, 1.165) is 43.6 Å². The Kier molecular flexibility index (Phi) is 3.69. The Bertz CT molecular complexity index is 534. The van der Waals surface area contributed by atoms with Gasteiger partial charge < -0.3 is 15.5 Å². The molecule has 1 aliphatic rings. The minimum atomic E-state index is 0.472. The van der Waals surface area contributed by atoms with Crippen LogP contribution in [0.5, 0.6) is 0 Å². The molecule has 1 fully saturated rings. The second kappa shape index (κ2) is 5.79. The quantitative estimate of drug-likeness (QED) is 0.844. The van der Waals surface area contributed by atoms with Crippen LogP contribution >= 0.6 is 0 Å². The number of anilines is 2. The van der Waals surface area contributed by atoms with Crippen LogP contribution in [0.4, 0.5) is 11.9 Å². The summed E-state index contributed by atoms with van der Waals surface area (Å²) in [4.78, 5) is 21.6. The summed E-state index contributed by atoms with van der Waals surface area (Å²) in [6.07, 6.45) is 7.11. The van der Waals surface area contributed by atoms with Gasteiger partial charge in [0.1, 0.15) is 0 Å². The van der Waals surface area contributed by atoms with Crippen molar-refractivity contribution < 1.29 is 0 Å². The molecule has 0 aromatic carbocycles. The largest absolute Gasteiger partial charge is 0.337 e. The predicted octanol–water partition coefficient (Wildman–Crippen LogP) is 0.0519. The Morgan fingerprint density at radius 1 is 0.850 bits per heavy atom. The molecular weight excluding hydrogens is 254 g/mol. The molecule has 20 heavy (non-hydrogen) atoms. The fraction of sp³-hybridized carbons (Fsp3) is 0.385. The lowest BCUT2D eigenvalue weighted by molar-refractivity contribution is 0.627. The van der Waals surface area contributed by atoms with E-state index >= 15 is 0 Å². The smallest absolute Gasteiger partial charge is 0.225 e. The Hall–Kier alpha value is -2.28. The minimum absolute atomic E-state index is 0.472. The molecule has 0 aliphatic carbocycles. The molecule has 3 rings (SSSR count). The maximum absolute atomic E-state index is 5.55. The second-order valence-corrected chi connectivity index (χ2v) is 4.62. The van der Waals surface area contributed by atoms with Gasteiger partial charge in [0.15, 0.2) is 0 Å². The molecule has 0 saturated carbocycles. The Morgan fingerprint density at radius 2 is 1.35 bits per heavy atom. The fourth-order valence-electron chi connectivity index (χ4n) is 2.18. The van der Waals surface area contributed by atoms with Crippen LogP contribution in [0, 0.1) is 0 Å². The lowest BCUT2D eigenvalue weighted by Crippen LogP contribution is -2.47. The Morgan fingerprint density at radius 3 is 1.85 bits per heavy atom. The van der Waals surface area contributed by atoms with E-state index < -0.39 is 0 Å². The van der Waals surface area contributed by atoms with E-state index in [1.165, 1.54) is 0 Å². The molecule has 0 amide bonds. The third-order valence-corrected chi connectivity index (χ3v) is 3.32. The lowest BCUT2D eigenvalue weighted by Gasteiger charge is -2.34. The summed E-state index contributed by atoms with van der Waals surface area (Å²) < 4.78 is 0. The number of aromatic nitrogens is 4. The standard InChI is InChI=1S/C13H17N7/c14-8-11-9-17-13(18-10-11)20-6-4-19(5-7-20)12-15-2-1-3-16-12/h1-3,9-10H,4-8,14H2. The Balaban J connectivity index is 1.63. The SMILES string of the molecule is NCc1cnc(N2CCN(c3ncccn3)CC2)nc1. The predicted molar refractivity (Wildman–Crippen MR) is 76.4 cm³/mol. The summed E-state index contributed by atoms with van der Waals surface area (Å²) in [6.45, 7) is 3.93. The lowest BCUT2D eigenvalue weighted by atomic mass is 10.3. The van der Waals surface area contributed by atoms with Crippen molar-refractivity contribution in [2.24, 2.45) is 5.73 Å². The molecule has 2 N–H and O–H groups in total. The summed E-state index contributed by atoms with van der Waals surface area (Å²) in [5, 5.41) is 0. The van der Waals surface area contributed by atoms with Gasteiger partial charge in [-0.05, 0) is 6.07 Å². The van der Waals surface area contributed by atoms with Crippen molar-refractivity contribution in [1.82, 2.24) is 19.9 Å². The van der Waals surface area contributed by atoms with E-state index in [2.05, 4.69) is 29.7 Å². The highest BCUT2D eigenvalue weighted by atomic mass is 15.3. The van der Waals surface area contributed by atoms with Crippen LogP contribution in [-0.4, -0.2) is 46.1 Å². The van der Waals surface area contributed by atoms with Gasteiger partial charge in [0.05, 0.1) is 0 Å². The van der Waals surface area contributed by atoms with Crippen molar-refractivity contribution in [3.05, 3.63) is 36.4 Å². The van der Waals surface area contributed by atoms with Gasteiger partial charge in [0.25, 0.3) is 0 Å². The molecular formula is C13H17N7. The summed E-state index contributed by atoms with van der Waals surface area (Å²) in [5.74, 6) is 1.54. The third kappa shape index (κ3) is 2.67. The first kappa shape index (κ1) is 12.7. The van der Waals surface area contributed by atoms with Gasteiger partial charge in [-0.3, -0.25) is 0 Å². The van der Waals surface area contributed by atoms with E-state index in [9.17, 15) is 0 Å². The first-order valence-electron chi connectivity index (χ1n) is 6.65. The highest BCUT2D eigenvalue weighted by Gasteiger charge is 2.20. The van der Waals surface area contributed by atoms with Gasteiger partial charge in [-0.15, -0.1) is 0 Å². The molecule has 7 nitrogen and oxygen atoms in total. The molecule has 104 valence electrons. The fourth-order valence-corrected chi connectivity index (χ4v) is 2.18. The average Bonchev–Trinajstić information content (AvgIpc) is 2.56. The van der Waals surface area contributed by atoms with Crippen molar-refractivity contribution in [2.45, 2.75) is 6.54 Å². The maximum atomic E-state index is 5.55. The highest BCUT2D eigenvalue weighted by Crippen LogP contribution is 2.13. The van der Waals surface area contributed by atoms with Gasteiger partial charge >= 0.3 is 0 Å². The van der Waals surface area contributed by atoms with Crippen LogP contribution in [0.15, 0.2) is 30.9 Å². The average molecular weight is 271 g/mol. The van der Waals surface area contributed by atoms with Crippen molar-refractivity contribution in [1.29, 1.82) is 0 Å². The maximum Gasteiger partial charge on any atom is 0.225 e. The van der Waals surface area contributed by atoms with E-state index in [1.54, 1.807) is 24.8 Å². The van der Waals surface area contributed by atoms with Gasteiger partial charge in [0.2, 0.25) is 11.9 Å². The molecule has 2 aromatic heterocycles. The zero-order chi connectivity index (χ0) is 13.8. The summed E-state index contributed by atoms with van der Waals surface area (Å²) in [7, 11) is 0. The minimum Gasteiger partial charge on any atom is -0.337 e. The van der Waals surface area contributed by atoms with Crippen molar-refractivity contribution in [3.8, 4) is 0 Å². The van der Waals surface area contributed by atoms with Gasteiger partial charge in [-0.25, -0.2) is 19.9 Å². The molecule has 0 spiro atoms. The van der Waals surface area contributed by atoms with Crippen LogP contribution in [0.25, 0.3) is 0 Å². The zero-order valence-corrected chi connectivity index (χ0v) is 11.2. The number of piperazine rings is 1. The molecule has 1 saturated heterocycles. The molecule has 2 aromatic rings. The van der Waals surface area contributed by atoms with Crippen LogP contribution in [0.3, 0.4) is 0 Å². The van der Waals surface area contributed by atoms with E-state index in [1.807, 2.05) is 6.07 Å². The number of hydrogen-bond acceptors (Lipinski definition) is 7. The first-order valence-corrected chi connectivity index (χ1v) is 6.65. The number of rotatable bonds is 3. The van der Waals surface area contributed by atoms with Gasteiger partial charge in [0, 0.05) is 63.1 Å². The molecule has 0 radical (unpaired) electrons. The van der Waals surface area contributed by atoms with Crippen LogP contribution in [-0.2, 0) is 6.54 Å². The van der Waals surface area contributed by atoms with Crippen LogP contribution in [0.1, 0.15) is 5.56 Å². The summed E-state index contributed by atoms with van der Waals surface area (Å²) in [5.41, 5.74) is 6.50. The molecule has 0 bridgehead atoms. The zero-order valence-electron chi connectivity index (χ0n) is 11.2. The van der Waals surface area contributed by atoms with Crippen molar-refractivity contribution >= 4 is 11.9 Å². The van der Waals surface area contributed by atoms with Crippen molar-refractivity contribution in [3.63, 3.8) is 0 Å². The molecule has 3 heterocycles. The van der Waals surface area contributed by atoms with Gasteiger partial charge in [-0.1, -0.05) is 0 Å². The van der Waals surface area contributed by atoms with E-state index in [-0.39, 0.29) is 0 Å². The third-order valence-electron chi connectivity index (χ3n) is 3.32. The Labute approximate surface area is 117 Å². The second-order valence-electron chi connectivity index (χ2n) is 4.62. The number of nitrogens with zero attached hydrogens (tertiary/aromatic N) is 6. The number of hydrogen-bond donors (Lipinski definition) is 1. The monoisotopic (exact) mass is 271 g/mol. The topological polar surface area (TPSA) is 84.1 Å². The van der Waals surface area contributed by atoms with E-state index in [0.29, 0.717) is 6.54 Å². The van der Waals surface area contributed by atoms with Crippen LogP contribution in [0.2, 0.25) is 0 Å². The van der Waals surface area contributed by atoms with Crippen molar-refractivity contribution in [2.75, 3.05) is 36.0 Å². The highest BCUT2D eigenvalue weighted by molar-refractivity contribution is 5.37. The summed E-state index contributed by atoms with van der Waals surface area (Å²) >= 11 is 0. The number of nitrogens with two attached hydrogens (primary N) is 1. The molecule has 0 atom stereocenters. The van der Waals surface area contributed by atoms with E-state index in [4.69, 9.17) is 5.73 Å². The normalized spacial score (nSPS) is 15.4. The molecule has 1 aliphatic heterocycles. The first-order chi connectivity index (χ1) is 9.86. The molecule has 0 unspecified atom stereocenters. The van der Waals surface area contributed by atoms with Gasteiger partial charge in [-0.2, -0.15) is 0 Å². The molecule has 7 heteroatoms. The van der Waals surface area contributed by atoms with Crippen LogP contribution < -0.4 is 15.5 Å². The summed E-state index contributed by atoms with van der Waals surface area (Å²) in [6, 6.07) is 1.83.